The number of ether oxygens (including phenoxy) is 4. The van der Waals surface area contributed by atoms with Gasteiger partial charge in [-0.05, 0) is 124 Å². The number of aliphatic hydroxyl groups is 9. The Morgan fingerprint density at radius 3 is 1.95 bits per heavy atom. The molecule has 6 aliphatic rings. The van der Waals surface area contributed by atoms with Crippen LogP contribution in [0, 0.1) is 45.3 Å². The molecule has 318 valence electrons. The normalized spacial score (nSPS) is 52.0. The van der Waals surface area contributed by atoms with Gasteiger partial charge >= 0.3 is 0 Å². The summed E-state index contributed by atoms with van der Waals surface area (Å²) in [6.45, 7) is 16.5. The van der Waals surface area contributed by atoms with E-state index in [1.54, 1.807) is 0 Å². The molecule has 0 aromatic heterocycles. The second-order valence-corrected chi connectivity index (χ2v) is 20.1. The van der Waals surface area contributed by atoms with E-state index in [9.17, 15) is 46.0 Å². The van der Waals surface area contributed by atoms with E-state index >= 15 is 0 Å². The van der Waals surface area contributed by atoms with Crippen molar-refractivity contribution >= 4 is 0 Å². The molecule has 13 heteroatoms. The number of hydrogen-bond acceptors (Lipinski definition) is 13. The Balaban J connectivity index is 1.23. The molecule has 0 aromatic rings. The minimum Gasteiger partial charge on any atom is -0.394 e. The van der Waals surface area contributed by atoms with Crippen molar-refractivity contribution in [3.8, 4) is 0 Å². The first-order chi connectivity index (χ1) is 25.6. The predicted molar refractivity (Wildman–Crippen MR) is 201 cm³/mol. The van der Waals surface area contributed by atoms with Crippen molar-refractivity contribution in [3.05, 3.63) is 11.6 Å². The van der Waals surface area contributed by atoms with E-state index in [1.165, 1.54) is 5.57 Å². The maximum absolute atomic E-state index is 12.2. The molecule has 2 saturated heterocycles. The first-order valence-electron chi connectivity index (χ1n) is 20.9. The van der Waals surface area contributed by atoms with Crippen LogP contribution in [-0.2, 0) is 18.9 Å². The Hall–Kier alpha value is -0.780. The van der Waals surface area contributed by atoms with Crippen molar-refractivity contribution in [1.82, 2.24) is 0 Å². The van der Waals surface area contributed by atoms with E-state index in [1.807, 2.05) is 6.92 Å². The highest BCUT2D eigenvalue weighted by Crippen LogP contribution is 2.76. The van der Waals surface area contributed by atoms with Crippen LogP contribution >= 0.6 is 0 Å². The van der Waals surface area contributed by atoms with Crippen LogP contribution in [0.15, 0.2) is 11.6 Å². The van der Waals surface area contributed by atoms with Crippen LogP contribution in [0.1, 0.15) is 113 Å². The lowest BCUT2D eigenvalue weighted by atomic mass is 9.35. The average Bonchev–Trinajstić information content (AvgIpc) is 3.50. The molecule has 13 nitrogen and oxygen atoms in total. The van der Waals surface area contributed by atoms with Gasteiger partial charge in [-0.15, -0.1) is 0 Å². The lowest BCUT2D eigenvalue weighted by molar-refractivity contribution is -0.378. The summed E-state index contributed by atoms with van der Waals surface area (Å²) in [6, 6.07) is 0. The van der Waals surface area contributed by atoms with Crippen LogP contribution in [0.25, 0.3) is 0 Å². The van der Waals surface area contributed by atoms with E-state index in [0.29, 0.717) is 19.3 Å². The fourth-order valence-corrected chi connectivity index (χ4v) is 13.3. The van der Waals surface area contributed by atoms with E-state index in [4.69, 9.17) is 18.9 Å². The molecular weight excluding hydrogens is 712 g/mol. The zero-order chi connectivity index (χ0) is 40.6. The van der Waals surface area contributed by atoms with Crippen molar-refractivity contribution in [1.29, 1.82) is 0 Å². The van der Waals surface area contributed by atoms with E-state index in [0.717, 1.165) is 38.5 Å². The van der Waals surface area contributed by atoms with Crippen LogP contribution in [0.5, 0.6) is 0 Å². The number of rotatable bonds is 10. The summed E-state index contributed by atoms with van der Waals surface area (Å²) in [5.74, 6) is 0.445. The molecule has 0 radical (unpaired) electrons. The maximum Gasteiger partial charge on any atom is 0.187 e. The topological polar surface area (TPSA) is 219 Å². The summed E-state index contributed by atoms with van der Waals surface area (Å²) < 4.78 is 24.4. The lowest BCUT2D eigenvalue weighted by Crippen LogP contribution is -2.68. The quantitative estimate of drug-likeness (QED) is 0.115. The second-order valence-electron chi connectivity index (χ2n) is 20.1. The Morgan fingerprint density at radius 1 is 0.727 bits per heavy atom. The minimum absolute atomic E-state index is 0.00798. The molecule has 2 heterocycles. The molecular formula is C42H72O13. The smallest absolute Gasteiger partial charge is 0.187 e. The summed E-state index contributed by atoms with van der Waals surface area (Å²) in [5, 5.41) is 97.4. The Morgan fingerprint density at radius 2 is 1.33 bits per heavy atom. The minimum atomic E-state index is -1.75. The molecule has 0 amide bonds. The number of aliphatic hydroxyl groups excluding tert-OH is 8. The Bertz CT molecular complexity index is 1370. The van der Waals surface area contributed by atoms with Crippen LogP contribution in [-0.4, -0.2) is 138 Å². The molecule has 12 unspecified atom stereocenters. The summed E-state index contributed by atoms with van der Waals surface area (Å²) >= 11 is 0. The lowest BCUT2D eigenvalue weighted by Gasteiger charge is -2.70. The van der Waals surface area contributed by atoms with Gasteiger partial charge < -0.3 is 64.9 Å². The molecule has 20 atom stereocenters. The fraction of sp³-hybridized carbons (Fsp3) is 0.952. The van der Waals surface area contributed by atoms with Crippen molar-refractivity contribution in [2.45, 2.75) is 192 Å². The van der Waals surface area contributed by atoms with Crippen molar-refractivity contribution < 1.29 is 64.9 Å². The molecule has 4 saturated carbocycles. The molecule has 2 aliphatic heterocycles. The molecule has 0 spiro atoms. The highest BCUT2D eigenvalue weighted by molar-refractivity contribution is 5.20. The van der Waals surface area contributed by atoms with Gasteiger partial charge in [0.1, 0.15) is 48.8 Å². The first kappa shape index (κ1) is 43.8. The van der Waals surface area contributed by atoms with Gasteiger partial charge in [0, 0.05) is 0 Å². The van der Waals surface area contributed by atoms with Gasteiger partial charge in [-0.3, -0.25) is 0 Å². The fourth-order valence-electron chi connectivity index (χ4n) is 13.3. The Kier molecular flexibility index (Phi) is 12.5. The van der Waals surface area contributed by atoms with Crippen molar-refractivity contribution in [2.75, 3.05) is 13.2 Å². The third-order valence-electron chi connectivity index (χ3n) is 16.6. The maximum atomic E-state index is 12.2. The number of hydrogen-bond donors (Lipinski definition) is 9. The van der Waals surface area contributed by atoms with E-state index in [2.05, 4.69) is 54.5 Å². The van der Waals surface area contributed by atoms with Crippen LogP contribution in [0.3, 0.4) is 0 Å². The number of allylic oxidation sites excluding steroid dienone is 2. The van der Waals surface area contributed by atoms with E-state index < -0.39 is 97.8 Å². The first-order valence-corrected chi connectivity index (χ1v) is 20.9. The monoisotopic (exact) mass is 784 g/mol. The van der Waals surface area contributed by atoms with Crippen molar-refractivity contribution in [3.63, 3.8) is 0 Å². The molecule has 0 aromatic carbocycles. The van der Waals surface area contributed by atoms with Gasteiger partial charge in [0.05, 0.1) is 31.0 Å². The Labute approximate surface area is 327 Å². The molecule has 4 aliphatic carbocycles. The SMILES string of the molecule is CC(C)=CCC[C@](C)(O)C1CC[C@]2(C)C1C(O)CC1C3(C)CCC(O[C@@H]4OC(CO)[C@@H](O)C(O)[C@@H]4O[C@@H]4OC(CO)[C@@H](O)C(O)[C@@H]4O)C(C)(C)C3CCC12C. The molecule has 55 heavy (non-hydrogen) atoms. The van der Waals surface area contributed by atoms with Gasteiger partial charge in [-0.1, -0.05) is 46.3 Å². The largest absolute Gasteiger partial charge is 0.394 e. The summed E-state index contributed by atoms with van der Waals surface area (Å²) in [7, 11) is 0. The third kappa shape index (κ3) is 7.20. The van der Waals surface area contributed by atoms with E-state index in [-0.39, 0.29) is 39.9 Å². The number of fused-ring (bicyclic) bond motifs is 5. The average molecular weight is 785 g/mol. The summed E-state index contributed by atoms with van der Waals surface area (Å²) in [6.07, 6.45) is -6.48. The predicted octanol–water partition coefficient (Wildman–Crippen LogP) is 2.15. The summed E-state index contributed by atoms with van der Waals surface area (Å²) in [5.41, 5.74) is -0.405. The van der Waals surface area contributed by atoms with Crippen molar-refractivity contribution in [2.24, 2.45) is 45.3 Å². The zero-order valence-corrected chi connectivity index (χ0v) is 34.3. The molecule has 6 fully saturated rings. The van der Waals surface area contributed by atoms with Gasteiger partial charge in [-0.2, -0.15) is 0 Å². The second kappa shape index (κ2) is 15.7. The molecule has 0 bridgehead atoms. The van der Waals surface area contributed by atoms with Crippen LogP contribution < -0.4 is 0 Å². The highest BCUT2D eigenvalue weighted by Gasteiger charge is 2.71. The third-order valence-corrected chi connectivity index (χ3v) is 16.6. The summed E-state index contributed by atoms with van der Waals surface area (Å²) in [4.78, 5) is 0. The highest BCUT2D eigenvalue weighted by atomic mass is 16.8. The molecule has 6 rings (SSSR count). The van der Waals surface area contributed by atoms with Gasteiger partial charge in [0.15, 0.2) is 12.6 Å². The van der Waals surface area contributed by atoms with Crippen LogP contribution in [0.2, 0.25) is 0 Å². The molecule has 9 N–H and O–H groups in total. The van der Waals surface area contributed by atoms with Crippen LogP contribution in [0.4, 0.5) is 0 Å². The van der Waals surface area contributed by atoms with Gasteiger partial charge in [0.2, 0.25) is 0 Å². The standard InChI is InChI=1S/C42H72O13/c1-21(2)10-9-14-42(8,51)22-11-16-41(7)29(22)23(45)18-27-39(5)15-13-28(38(3,4)26(39)12-17-40(27,41)6)54-37-35(33(49)31(47)25(20-44)53-37)55-36-34(50)32(48)30(46)24(19-43)52-36/h10,22-37,43-51H,9,11-20H2,1-8H3/t22?,23?,24?,25?,26?,27?,28?,29?,30-,31-,32?,33?,34+,35+,36+,37+,39?,40?,41-,42+/m1/s1. The van der Waals surface area contributed by atoms with Gasteiger partial charge in [0.25, 0.3) is 0 Å². The van der Waals surface area contributed by atoms with Gasteiger partial charge in [-0.25, -0.2) is 0 Å². The zero-order valence-electron chi connectivity index (χ0n) is 34.3.